The predicted octanol–water partition coefficient (Wildman–Crippen LogP) is 5.94. The number of hydrogen-bond donors (Lipinski definition) is 3. The van der Waals surface area contributed by atoms with Crippen LogP contribution in [0.15, 0.2) is 55.3 Å². The Morgan fingerprint density at radius 2 is 1.87 bits per heavy atom. The van der Waals surface area contributed by atoms with Crippen molar-refractivity contribution in [2.75, 3.05) is 43.5 Å². The van der Waals surface area contributed by atoms with Crippen LogP contribution < -0.4 is 25.4 Å². The first-order valence-electron chi connectivity index (χ1n) is 14.1. The predicted molar refractivity (Wildman–Crippen MR) is 164 cm³/mol. The van der Waals surface area contributed by atoms with E-state index in [4.69, 9.17) is 25.8 Å². The number of hydrogen-bond acceptors (Lipinski definition) is 10. The third-order valence-corrected chi connectivity index (χ3v) is 6.74. The lowest BCUT2D eigenvalue weighted by Gasteiger charge is -2.32. The molecule has 0 saturated heterocycles. The molecule has 3 N–H and O–H groups in total. The Morgan fingerprint density at radius 3 is 2.57 bits per heavy atom. The van der Waals surface area contributed by atoms with Crippen molar-refractivity contribution in [3.05, 3.63) is 71.5 Å². The molecule has 5 heterocycles. The molecule has 0 atom stereocenters. The molecule has 4 aliphatic heterocycles. The molecule has 0 unspecified atom stereocenters. The summed E-state index contributed by atoms with van der Waals surface area (Å²) in [7, 11) is 0. The Kier molecular flexibility index (Phi) is 11.1. The lowest BCUT2D eigenvalue weighted by atomic mass is 9.92. The van der Waals surface area contributed by atoms with E-state index < -0.39 is 30.3 Å². The summed E-state index contributed by atoms with van der Waals surface area (Å²) < 4.78 is 54.1. The highest BCUT2D eigenvalue weighted by Gasteiger charge is 2.29. The van der Waals surface area contributed by atoms with Crippen molar-refractivity contribution in [3.8, 4) is 11.8 Å². The highest BCUT2D eigenvalue weighted by Crippen LogP contribution is 2.27. The van der Waals surface area contributed by atoms with Crippen molar-refractivity contribution in [2.45, 2.75) is 33.0 Å². The van der Waals surface area contributed by atoms with Gasteiger partial charge in [0, 0.05) is 37.4 Å². The van der Waals surface area contributed by atoms with Gasteiger partial charge < -0.3 is 35.1 Å². The molecule has 0 radical (unpaired) electrons. The molecule has 16 heteroatoms. The number of nitrogens with zero attached hydrogens (tertiary/aromatic N) is 4. The van der Waals surface area contributed by atoms with Crippen LogP contribution in [0.1, 0.15) is 36.2 Å². The van der Waals surface area contributed by atoms with Crippen LogP contribution in [0.2, 0.25) is 5.02 Å². The van der Waals surface area contributed by atoms with Crippen LogP contribution >= 0.6 is 11.6 Å². The van der Waals surface area contributed by atoms with Gasteiger partial charge in [0.2, 0.25) is 11.9 Å². The molecule has 1 aromatic heterocycles. The van der Waals surface area contributed by atoms with Crippen molar-refractivity contribution >= 4 is 41.2 Å². The standard InChI is InChI=1S/C30H33ClF3N7O5/c1-4-44-28(43)41-12-5-13-45-23-11-6-19(14-22(23)31)15-35-25-38-26(40-27(39-25)46-18-30(32,33)34)37-21-9-7-20(8-10-21)24(42)36-16-29(2,3)17-41/h4,6-11,14H,1,5,12-13,15-18H2,2-3H3,(H,36,42)(H2,35,37,38,39,40). The molecule has 2 amide bonds. The molecule has 0 saturated carbocycles. The maximum Gasteiger partial charge on any atom is 0.422 e. The topological polar surface area (TPSA) is 140 Å². The van der Waals surface area contributed by atoms with Gasteiger partial charge in [-0.2, -0.15) is 28.1 Å². The fourth-order valence-electron chi connectivity index (χ4n) is 4.30. The van der Waals surface area contributed by atoms with Gasteiger partial charge in [0.15, 0.2) is 6.61 Å². The second-order valence-corrected chi connectivity index (χ2v) is 11.4. The lowest BCUT2D eigenvalue weighted by molar-refractivity contribution is -0.154. The fraction of sp³-hybridized carbons (Fsp3) is 0.367. The summed E-state index contributed by atoms with van der Waals surface area (Å²) in [5.74, 6) is -0.0776. The quantitative estimate of drug-likeness (QED) is 0.288. The van der Waals surface area contributed by atoms with Gasteiger partial charge in [0.05, 0.1) is 17.9 Å². The number of aromatic nitrogens is 3. The Labute approximate surface area is 268 Å². The van der Waals surface area contributed by atoms with E-state index in [9.17, 15) is 22.8 Å². The molecule has 4 aliphatic rings. The number of carbonyl (C=O) groups excluding carboxylic acids is 2. The number of benzene rings is 2. The Morgan fingerprint density at radius 1 is 1.13 bits per heavy atom. The third-order valence-electron chi connectivity index (χ3n) is 6.45. The Balaban J connectivity index is 1.61. The molecule has 46 heavy (non-hydrogen) atoms. The first kappa shape index (κ1) is 34.1. The molecule has 0 spiro atoms. The summed E-state index contributed by atoms with van der Waals surface area (Å²) in [6, 6.07) is 10.8. The molecule has 0 fully saturated rings. The van der Waals surface area contributed by atoms with Crippen LogP contribution in [0.4, 0.5) is 35.5 Å². The molecule has 2 aromatic carbocycles. The van der Waals surface area contributed by atoms with Gasteiger partial charge in [-0.25, -0.2) is 4.79 Å². The van der Waals surface area contributed by atoms with E-state index in [1.165, 1.54) is 4.90 Å². The minimum atomic E-state index is -4.60. The molecule has 246 valence electrons. The van der Waals surface area contributed by atoms with Crippen LogP contribution in [0.25, 0.3) is 0 Å². The summed E-state index contributed by atoms with van der Waals surface area (Å²) >= 11 is 6.45. The van der Waals surface area contributed by atoms with Gasteiger partial charge in [-0.05, 0) is 53.8 Å². The van der Waals surface area contributed by atoms with Gasteiger partial charge >= 0.3 is 18.3 Å². The average molecular weight is 664 g/mol. The summed E-state index contributed by atoms with van der Waals surface area (Å²) in [4.78, 5) is 39.2. The van der Waals surface area contributed by atoms with Gasteiger partial charge in [-0.15, -0.1) is 0 Å². The lowest BCUT2D eigenvalue weighted by Crippen LogP contribution is -2.45. The van der Waals surface area contributed by atoms with Gasteiger partial charge in [-0.1, -0.05) is 38.1 Å². The normalized spacial score (nSPS) is 15.8. The van der Waals surface area contributed by atoms with E-state index in [1.807, 2.05) is 13.8 Å². The number of alkyl halides is 3. The smallest absolute Gasteiger partial charge is 0.422 e. The highest BCUT2D eigenvalue weighted by atomic mass is 35.5. The average Bonchev–Trinajstić information content (AvgIpc) is 3.00. The molecular formula is C30H33ClF3N7O5. The van der Waals surface area contributed by atoms with Crippen LogP contribution in [0.5, 0.6) is 11.8 Å². The second kappa shape index (κ2) is 15.0. The summed E-state index contributed by atoms with van der Waals surface area (Å²) in [6.45, 7) is 6.88. The number of amides is 2. The Hall–Kier alpha value is -4.79. The van der Waals surface area contributed by atoms with Crippen molar-refractivity contribution in [1.29, 1.82) is 0 Å². The minimum absolute atomic E-state index is 0.0567. The number of ether oxygens (including phenoxy) is 3. The van der Waals surface area contributed by atoms with Gasteiger partial charge in [-0.3, -0.25) is 4.79 Å². The zero-order chi connectivity index (χ0) is 33.3. The first-order valence-corrected chi connectivity index (χ1v) is 14.5. The van der Waals surface area contributed by atoms with E-state index in [2.05, 4.69) is 37.5 Å². The van der Waals surface area contributed by atoms with Gasteiger partial charge in [0.25, 0.3) is 5.91 Å². The number of anilines is 3. The molecule has 0 aliphatic carbocycles. The van der Waals surface area contributed by atoms with E-state index in [1.54, 1.807) is 42.5 Å². The third kappa shape index (κ3) is 10.4. The maximum absolute atomic E-state index is 12.9. The first-order chi connectivity index (χ1) is 21.8. The van der Waals surface area contributed by atoms with Crippen LogP contribution in [-0.4, -0.2) is 70.9 Å². The zero-order valence-corrected chi connectivity index (χ0v) is 25.9. The summed E-state index contributed by atoms with van der Waals surface area (Å²) in [5.41, 5.74) is 0.965. The van der Waals surface area contributed by atoms with E-state index in [-0.39, 0.29) is 44.0 Å². The van der Waals surface area contributed by atoms with Crippen LogP contribution in [-0.2, 0) is 11.3 Å². The summed E-state index contributed by atoms with van der Waals surface area (Å²) in [5, 5.41) is 9.04. The molecule has 7 rings (SSSR count). The number of carbonyl (C=O) groups is 2. The van der Waals surface area contributed by atoms with Crippen molar-refractivity contribution in [2.24, 2.45) is 5.41 Å². The van der Waals surface area contributed by atoms with E-state index >= 15 is 0 Å². The molecule has 12 nitrogen and oxygen atoms in total. The molecular weight excluding hydrogens is 631 g/mol. The highest BCUT2D eigenvalue weighted by molar-refractivity contribution is 6.32. The van der Waals surface area contributed by atoms with Crippen molar-refractivity contribution < 1.29 is 37.0 Å². The number of halogens is 4. The Bertz CT molecular complexity index is 1540. The monoisotopic (exact) mass is 663 g/mol. The summed E-state index contributed by atoms with van der Waals surface area (Å²) in [6.07, 6.45) is -3.66. The number of nitrogens with one attached hydrogen (secondary N) is 3. The van der Waals surface area contributed by atoms with Crippen molar-refractivity contribution in [1.82, 2.24) is 25.2 Å². The van der Waals surface area contributed by atoms with Gasteiger partial charge in [0.1, 0.15) is 5.75 Å². The molecule has 6 bridgehead atoms. The van der Waals surface area contributed by atoms with Crippen LogP contribution in [0.3, 0.4) is 0 Å². The largest absolute Gasteiger partial charge is 0.492 e. The van der Waals surface area contributed by atoms with E-state index in [0.717, 1.165) is 6.26 Å². The molecule has 3 aromatic rings. The fourth-order valence-corrected chi connectivity index (χ4v) is 4.56. The van der Waals surface area contributed by atoms with Crippen LogP contribution in [0, 0.1) is 5.41 Å². The SMILES string of the molecule is C=COC(=O)N1CCCOc2ccc(cc2Cl)CNc2nc(nc(OCC(F)(F)F)n2)Nc2ccc(cc2)C(=O)NCC(C)(C)C1. The van der Waals surface area contributed by atoms with E-state index in [0.29, 0.717) is 40.6 Å². The number of rotatable bonds is 3. The van der Waals surface area contributed by atoms with Crippen molar-refractivity contribution in [3.63, 3.8) is 0 Å². The maximum atomic E-state index is 12.9. The second-order valence-electron chi connectivity index (χ2n) is 11.0. The minimum Gasteiger partial charge on any atom is -0.492 e. The zero-order valence-electron chi connectivity index (χ0n) is 25.1.